The van der Waals surface area contributed by atoms with Crippen molar-refractivity contribution in [3.8, 4) is 0 Å². The average molecular weight is 418 g/mol. The minimum atomic E-state index is 0.194. The third kappa shape index (κ3) is 3.62. The van der Waals surface area contributed by atoms with Crippen LogP contribution in [0.3, 0.4) is 0 Å². The lowest BCUT2D eigenvalue weighted by atomic mass is 9.82. The fraction of sp³-hybridized carbons (Fsp3) is 0.520. The second kappa shape index (κ2) is 7.61. The van der Waals surface area contributed by atoms with E-state index in [0.29, 0.717) is 12.0 Å². The van der Waals surface area contributed by atoms with Crippen molar-refractivity contribution >= 4 is 16.9 Å². The molecule has 3 aliphatic rings. The van der Waals surface area contributed by atoms with Crippen molar-refractivity contribution in [2.45, 2.75) is 69.7 Å². The van der Waals surface area contributed by atoms with Gasteiger partial charge in [-0.05, 0) is 62.6 Å². The molecule has 1 aliphatic heterocycles. The molecule has 6 heteroatoms. The van der Waals surface area contributed by atoms with Gasteiger partial charge in [-0.25, -0.2) is 9.97 Å². The Hall–Kier alpha value is -2.44. The summed E-state index contributed by atoms with van der Waals surface area (Å²) in [7, 11) is 0. The van der Waals surface area contributed by atoms with E-state index in [1.807, 2.05) is 0 Å². The third-order valence-corrected chi connectivity index (χ3v) is 7.16. The Kier molecular flexibility index (Phi) is 4.73. The predicted octanol–water partition coefficient (Wildman–Crippen LogP) is 4.41. The number of rotatable bonds is 4. The maximum absolute atomic E-state index is 6.03. The van der Waals surface area contributed by atoms with E-state index in [2.05, 4.69) is 64.4 Å². The lowest BCUT2D eigenvalue weighted by Gasteiger charge is -2.45. The monoisotopic (exact) mass is 417 g/mol. The molecule has 1 saturated heterocycles. The number of nitrogens with zero attached hydrogens (tertiary/aromatic N) is 3. The summed E-state index contributed by atoms with van der Waals surface area (Å²) in [5.41, 5.74) is 5.09. The van der Waals surface area contributed by atoms with Gasteiger partial charge in [0.1, 0.15) is 17.8 Å². The maximum Gasteiger partial charge on any atom is 0.143 e. The average Bonchev–Trinajstić information content (AvgIpc) is 3.52. The molecule has 2 N–H and O–H groups in total. The van der Waals surface area contributed by atoms with Gasteiger partial charge in [0.15, 0.2) is 0 Å². The highest BCUT2D eigenvalue weighted by Gasteiger charge is 2.37. The van der Waals surface area contributed by atoms with Crippen molar-refractivity contribution in [1.29, 1.82) is 0 Å². The SMILES string of the molecule is C[C@@H]1CN([C@@H]2CCc3ccccc3[C@H]2Nc2ncnc3[nH]c(C4CC4)cc23)C[C@H](C)O1. The van der Waals surface area contributed by atoms with Gasteiger partial charge in [-0.2, -0.15) is 0 Å². The summed E-state index contributed by atoms with van der Waals surface area (Å²) in [5, 5.41) is 4.98. The number of hydrogen-bond donors (Lipinski definition) is 2. The zero-order valence-corrected chi connectivity index (χ0v) is 18.3. The molecular weight excluding hydrogens is 386 g/mol. The molecule has 3 aromatic rings. The highest BCUT2D eigenvalue weighted by Crippen LogP contribution is 2.42. The van der Waals surface area contributed by atoms with Crippen molar-refractivity contribution in [1.82, 2.24) is 19.9 Å². The Labute approximate surface area is 183 Å². The van der Waals surface area contributed by atoms with Crippen molar-refractivity contribution in [2.24, 2.45) is 0 Å². The first-order valence-electron chi connectivity index (χ1n) is 11.7. The summed E-state index contributed by atoms with van der Waals surface area (Å²) >= 11 is 0. The van der Waals surface area contributed by atoms with Crippen LogP contribution in [-0.4, -0.2) is 51.2 Å². The molecule has 0 bridgehead atoms. The Bertz CT molecular complexity index is 1080. The smallest absolute Gasteiger partial charge is 0.143 e. The summed E-state index contributed by atoms with van der Waals surface area (Å²) in [6.07, 6.45) is 7.01. The molecule has 2 aromatic heterocycles. The number of H-pyrrole nitrogens is 1. The molecule has 0 unspecified atom stereocenters. The molecule has 162 valence electrons. The lowest BCUT2D eigenvalue weighted by molar-refractivity contribution is -0.0840. The largest absolute Gasteiger partial charge is 0.373 e. The van der Waals surface area contributed by atoms with Crippen LogP contribution < -0.4 is 5.32 Å². The second-order valence-electron chi connectivity index (χ2n) is 9.62. The molecule has 31 heavy (non-hydrogen) atoms. The predicted molar refractivity (Wildman–Crippen MR) is 122 cm³/mol. The lowest BCUT2D eigenvalue weighted by Crippen LogP contribution is -2.54. The molecule has 0 radical (unpaired) electrons. The third-order valence-electron chi connectivity index (χ3n) is 7.16. The molecule has 4 atom stereocenters. The van der Waals surface area contributed by atoms with Gasteiger partial charge >= 0.3 is 0 Å². The standard InChI is InChI=1S/C25H31N5O/c1-15-12-30(13-16(2)31-15)22-10-9-17-5-3-4-6-19(17)23(22)29-25-20-11-21(18-7-8-18)28-24(20)26-14-27-25/h3-6,11,14-16,18,22-23H,7-10,12-13H2,1-2H3,(H2,26,27,28,29)/t15-,16+,22-,23-/m1/s1. The van der Waals surface area contributed by atoms with Crippen molar-refractivity contribution in [2.75, 3.05) is 18.4 Å². The Morgan fingerprint density at radius 3 is 2.68 bits per heavy atom. The molecule has 2 aliphatic carbocycles. The molecular formula is C25H31N5O. The van der Waals surface area contributed by atoms with Gasteiger partial charge in [0.05, 0.1) is 23.6 Å². The van der Waals surface area contributed by atoms with Crippen molar-refractivity contribution in [3.63, 3.8) is 0 Å². The molecule has 2 fully saturated rings. The van der Waals surface area contributed by atoms with Gasteiger partial charge in [-0.3, -0.25) is 4.90 Å². The van der Waals surface area contributed by atoms with Crippen LogP contribution in [0.15, 0.2) is 36.7 Å². The number of fused-ring (bicyclic) bond motifs is 2. The van der Waals surface area contributed by atoms with Crippen molar-refractivity contribution in [3.05, 3.63) is 53.5 Å². The van der Waals surface area contributed by atoms with Crippen LogP contribution >= 0.6 is 0 Å². The molecule has 0 amide bonds. The van der Waals surface area contributed by atoms with Crippen LogP contribution in [0, 0.1) is 0 Å². The van der Waals surface area contributed by atoms with Crippen LogP contribution in [0.5, 0.6) is 0 Å². The molecule has 3 heterocycles. The molecule has 6 rings (SSSR count). The van der Waals surface area contributed by atoms with E-state index >= 15 is 0 Å². The van der Waals surface area contributed by atoms with E-state index in [4.69, 9.17) is 9.72 Å². The van der Waals surface area contributed by atoms with E-state index in [1.54, 1.807) is 6.33 Å². The van der Waals surface area contributed by atoms with Gasteiger partial charge in [-0.1, -0.05) is 24.3 Å². The Morgan fingerprint density at radius 1 is 1.06 bits per heavy atom. The zero-order chi connectivity index (χ0) is 20.9. The Balaban J connectivity index is 1.38. The van der Waals surface area contributed by atoms with Crippen LogP contribution in [0.4, 0.5) is 5.82 Å². The second-order valence-corrected chi connectivity index (χ2v) is 9.62. The molecule has 0 spiro atoms. The molecule has 1 saturated carbocycles. The van der Waals surface area contributed by atoms with Gasteiger partial charge in [0.2, 0.25) is 0 Å². The van der Waals surface area contributed by atoms with E-state index in [0.717, 1.165) is 42.8 Å². The number of ether oxygens (including phenoxy) is 1. The van der Waals surface area contributed by atoms with E-state index < -0.39 is 0 Å². The molecule has 6 nitrogen and oxygen atoms in total. The fourth-order valence-corrected chi connectivity index (χ4v) is 5.64. The minimum absolute atomic E-state index is 0.194. The number of morpholine rings is 1. The van der Waals surface area contributed by atoms with Crippen LogP contribution in [0.2, 0.25) is 0 Å². The first kappa shape index (κ1) is 19.3. The van der Waals surface area contributed by atoms with Gasteiger partial charge < -0.3 is 15.0 Å². The number of anilines is 1. The van der Waals surface area contributed by atoms with Gasteiger partial charge in [0, 0.05) is 24.8 Å². The summed E-state index contributed by atoms with van der Waals surface area (Å²) in [5.74, 6) is 1.61. The number of hydrogen-bond acceptors (Lipinski definition) is 5. The first-order chi connectivity index (χ1) is 15.2. The van der Waals surface area contributed by atoms with Crippen LogP contribution in [0.1, 0.15) is 61.9 Å². The highest BCUT2D eigenvalue weighted by molar-refractivity contribution is 5.88. The van der Waals surface area contributed by atoms with Gasteiger partial charge in [0.25, 0.3) is 0 Å². The maximum atomic E-state index is 6.03. The quantitative estimate of drug-likeness (QED) is 0.658. The normalized spacial score (nSPS) is 29.1. The van der Waals surface area contributed by atoms with Crippen LogP contribution in [0.25, 0.3) is 11.0 Å². The van der Waals surface area contributed by atoms with Crippen molar-refractivity contribution < 1.29 is 4.74 Å². The summed E-state index contributed by atoms with van der Waals surface area (Å²) in [6.45, 7) is 6.33. The summed E-state index contributed by atoms with van der Waals surface area (Å²) < 4.78 is 6.03. The number of nitrogens with one attached hydrogen (secondary N) is 2. The summed E-state index contributed by atoms with van der Waals surface area (Å²) in [4.78, 5) is 15.4. The highest BCUT2D eigenvalue weighted by atomic mass is 16.5. The molecule has 1 aromatic carbocycles. The Morgan fingerprint density at radius 2 is 1.87 bits per heavy atom. The number of aromatic amines is 1. The minimum Gasteiger partial charge on any atom is -0.373 e. The number of aromatic nitrogens is 3. The fourth-order valence-electron chi connectivity index (χ4n) is 5.64. The van der Waals surface area contributed by atoms with E-state index in [-0.39, 0.29) is 18.2 Å². The number of benzene rings is 1. The summed E-state index contributed by atoms with van der Waals surface area (Å²) in [6, 6.07) is 11.8. The number of aryl methyl sites for hydroxylation is 1. The topological polar surface area (TPSA) is 66.1 Å². The van der Waals surface area contributed by atoms with E-state index in [9.17, 15) is 0 Å². The van der Waals surface area contributed by atoms with Gasteiger partial charge in [-0.15, -0.1) is 0 Å². The first-order valence-corrected chi connectivity index (χ1v) is 11.7. The van der Waals surface area contributed by atoms with E-state index in [1.165, 1.54) is 29.7 Å². The zero-order valence-electron chi connectivity index (χ0n) is 18.3. The van der Waals surface area contributed by atoms with Crippen LogP contribution in [-0.2, 0) is 11.2 Å².